The van der Waals surface area contributed by atoms with E-state index in [1.54, 1.807) is 4.52 Å². The van der Waals surface area contributed by atoms with Gasteiger partial charge in [0.2, 0.25) is 0 Å². The second-order valence-corrected chi connectivity index (χ2v) is 10.2. The molecule has 1 fully saturated rings. The first kappa shape index (κ1) is 21.4. The predicted octanol–water partition coefficient (Wildman–Crippen LogP) is 6.41. The molecule has 0 atom stereocenters. The van der Waals surface area contributed by atoms with Gasteiger partial charge in [0.05, 0.1) is 16.4 Å². The summed E-state index contributed by atoms with van der Waals surface area (Å²) in [6, 6.07) is 12.6. The molecule has 32 heavy (non-hydrogen) atoms. The number of halogens is 2. The Morgan fingerprint density at radius 3 is 2.56 bits per heavy atom. The molecule has 2 aromatic carbocycles. The first-order chi connectivity index (χ1) is 15.4. The molecule has 0 aliphatic heterocycles. The number of anilines is 1. The molecular weight excluding hydrogens is 536 g/mol. The van der Waals surface area contributed by atoms with Gasteiger partial charge in [-0.25, -0.2) is 4.98 Å². The highest BCUT2D eigenvalue weighted by Gasteiger charge is 2.28. The predicted molar refractivity (Wildman–Crippen MR) is 133 cm³/mol. The first-order valence-corrected chi connectivity index (χ1v) is 12.2. The lowest BCUT2D eigenvalue weighted by Gasteiger charge is -2.28. The molecule has 3 N–H and O–H groups in total. The van der Waals surface area contributed by atoms with Gasteiger partial charge in [-0.3, -0.25) is 4.79 Å². The van der Waals surface area contributed by atoms with Crippen molar-refractivity contribution in [1.29, 1.82) is 0 Å². The summed E-state index contributed by atoms with van der Waals surface area (Å²) in [5.74, 6) is 0.309. The van der Waals surface area contributed by atoms with Crippen molar-refractivity contribution >= 4 is 60.1 Å². The van der Waals surface area contributed by atoms with Gasteiger partial charge in [0, 0.05) is 22.4 Å². The van der Waals surface area contributed by atoms with Gasteiger partial charge in [0.1, 0.15) is 5.82 Å². The minimum Gasteiger partial charge on any atom is -0.481 e. The van der Waals surface area contributed by atoms with Crippen molar-refractivity contribution in [1.82, 2.24) is 14.6 Å². The molecule has 1 aliphatic carbocycles. The van der Waals surface area contributed by atoms with E-state index in [9.17, 15) is 4.79 Å². The molecule has 1 aliphatic rings. The van der Waals surface area contributed by atoms with Crippen molar-refractivity contribution in [2.45, 2.75) is 38.0 Å². The first-order valence-electron chi connectivity index (χ1n) is 10.6. The molecule has 4 aromatic rings. The number of carbonyl (C=O) groups is 1. The Hall–Kier alpha value is -2.45. The lowest BCUT2D eigenvalue weighted by atomic mass is 9.79. The number of aromatic nitrogens is 3. The number of aliphatic carboxylic acids is 1. The summed E-state index contributed by atoms with van der Waals surface area (Å²) in [4.78, 5) is 16.1. The number of hydrogen-bond donors (Lipinski definition) is 2. The van der Waals surface area contributed by atoms with Crippen molar-refractivity contribution in [3.05, 3.63) is 57.2 Å². The average Bonchev–Trinajstić information content (AvgIpc) is 3.20. The Morgan fingerprint density at radius 2 is 1.81 bits per heavy atom. The maximum absolute atomic E-state index is 11.1. The number of carboxylic acid groups (broad SMARTS) is 1. The molecule has 2 heterocycles. The third-order valence-corrected chi connectivity index (χ3v) is 7.76. The van der Waals surface area contributed by atoms with Crippen molar-refractivity contribution in [3.63, 3.8) is 0 Å². The van der Waals surface area contributed by atoms with Crippen molar-refractivity contribution in [2.24, 2.45) is 5.92 Å². The van der Waals surface area contributed by atoms with Gasteiger partial charge in [0.15, 0.2) is 5.65 Å². The maximum Gasteiger partial charge on any atom is 0.303 e. The number of nitrogen functional groups attached to an aromatic ring is 1. The van der Waals surface area contributed by atoms with E-state index in [0.717, 1.165) is 67.9 Å². The van der Waals surface area contributed by atoms with Crippen molar-refractivity contribution < 1.29 is 9.90 Å². The van der Waals surface area contributed by atoms with E-state index in [1.165, 1.54) is 0 Å². The summed E-state index contributed by atoms with van der Waals surface area (Å²) in [5, 5.41) is 15.9. The van der Waals surface area contributed by atoms with Gasteiger partial charge in [-0.1, -0.05) is 34.1 Å². The van der Waals surface area contributed by atoms with Crippen LogP contribution in [0.3, 0.4) is 0 Å². The van der Waals surface area contributed by atoms with Crippen LogP contribution in [0, 0.1) is 5.92 Å². The Morgan fingerprint density at radius 1 is 1.09 bits per heavy atom. The second-order valence-electron chi connectivity index (χ2n) is 8.51. The third-order valence-electron chi connectivity index (χ3n) is 6.46. The fourth-order valence-electron chi connectivity index (χ4n) is 4.76. The summed E-state index contributed by atoms with van der Waals surface area (Å²) in [6.45, 7) is 0. The van der Waals surface area contributed by atoms with E-state index in [1.807, 2.05) is 12.3 Å². The summed E-state index contributed by atoms with van der Waals surface area (Å²) in [7, 11) is 0. The average molecular weight is 558 g/mol. The van der Waals surface area contributed by atoms with Crippen LogP contribution >= 0.6 is 31.9 Å². The minimum atomic E-state index is -0.718. The van der Waals surface area contributed by atoms with Gasteiger partial charge >= 0.3 is 5.97 Å². The number of carboxylic acids is 1. The van der Waals surface area contributed by atoms with E-state index >= 15 is 0 Å². The summed E-state index contributed by atoms with van der Waals surface area (Å²) in [6.07, 6.45) is 5.67. The highest BCUT2D eigenvalue weighted by molar-refractivity contribution is 9.11. The van der Waals surface area contributed by atoms with Crippen LogP contribution in [0.25, 0.3) is 27.5 Å². The number of benzene rings is 2. The number of rotatable bonds is 4. The normalized spacial score (nSPS) is 18.9. The molecule has 164 valence electrons. The zero-order valence-electron chi connectivity index (χ0n) is 17.3. The topological polar surface area (TPSA) is 93.5 Å². The number of nitrogens with two attached hydrogens (primary N) is 1. The molecule has 0 spiro atoms. The van der Waals surface area contributed by atoms with Crippen LogP contribution in [0.4, 0.5) is 5.82 Å². The van der Waals surface area contributed by atoms with Gasteiger partial charge < -0.3 is 10.8 Å². The Labute approximate surface area is 202 Å². The van der Waals surface area contributed by atoms with Gasteiger partial charge in [-0.2, -0.15) is 9.61 Å². The van der Waals surface area contributed by atoms with Crippen LogP contribution in [-0.4, -0.2) is 25.7 Å². The van der Waals surface area contributed by atoms with Crippen LogP contribution in [-0.2, 0) is 4.79 Å². The molecule has 8 heteroatoms. The molecule has 0 radical (unpaired) electrons. The lowest BCUT2D eigenvalue weighted by Crippen LogP contribution is -2.18. The second kappa shape index (κ2) is 8.48. The van der Waals surface area contributed by atoms with E-state index < -0.39 is 5.97 Å². The van der Waals surface area contributed by atoms with Crippen LogP contribution in [0.15, 0.2) is 51.5 Å². The lowest BCUT2D eigenvalue weighted by molar-refractivity contribution is -0.138. The van der Waals surface area contributed by atoms with Crippen molar-refractivity contribution in [2.75, 3.05) is 5.73 Å². The van der Waals surface area contributed by atoms with Crippen LogP contribution < -0.4 is 5.73 Å². The molecule has 0 bridgehead atoms. The molecule has 0 unspecified atom stereocenters. The summed E-state index contributed by atoms with van der Waals surface area (Å²) >= 11 is 7.18. The summed E-state index contributed by atoms with van der Waals surface area (Å²) in [5.41, 5.74) is 10.1. The molecule has 1 saturated carbocycles. The molecule has 0 saturated heterocycles. The van der Waals surface area contributed by atoms with Crippen LogP contribution in [0.1, 0.15) is 43.7 Å². The fraction of sp³-hybridized carbons (Fsp3) is 0.292. The zero-order valence-corrected chi connectivity index (χ0v) is 20.4. The van der Waals surface area contributed by atoms with Crippen LogP contribution in [0.2, 0.25) is 0 Å². The van der Waals surface area contributed by atoms with Crippen molar-refractivity contribution in [3.8, 4) is 11.1 Å². The van der Waals surface area contributed by atoms with Gasteiger partial charge in [-0.15, -0.1) is 0 Å². The number of nitrogens with zero attached hydrogens (tertiary/aromatic N) is 3. The largest absolute Gasteiger partial charge is 0.481 e. The molecule has 0 amide bonds. The van der Waals surface area contributed by atoms with E-state index in [0.29, 0.717) is 5.82 Å². The van der Waals surface area contributed by atoms with Gasteiger partial charge in [-0.05, 0) is 82.1 Å². The van der Waals surface area contributed by atoms with Crippen LogP contribution in [0.5, 0.6) is 0 Å². The molecule has 6 nitrogen and oxygen atoms in total. The smallest absolute Gasteiger partial charge is 0.303 e. The fourth-order valence-corrected chi connectivity index (χ4v) is 5.72. The molecule has 5 rings (SSSR count). The molecule has 2 aromatic heterocycles. The minimum absolute atomic E-state index is 0.242. The van der Waals surface area contributed by atoms with E-state index in [2.05, 4.69) is 67.3 Å². The number of fused-ring (bicyclic) bond motifs is 2. The third kappa shape index (κ3) is 3.90. The monoisotopic (exact) mass is 556 g/mol. The zero-order chi connectivity index (χ0) is 22.4. The maximum atomic E-state index is 11.1. The quantitative estimate of drug-likeness (QED) is 0.302. The standard InChI is InChI=1S/C24H22Br2N4O2/c25-18-8-7-15-10-17(6-5-16(15)11-18)19-12-28-30-23(27)21(26)22(29-24(19)30)14-3-1-13(2-4-14)9-20(31)32/h5-8,10-14H,1-4,9,27H2,(H,31,32). The van der Waals surface area contributed by atoms with E-state index in [4.69, 9.17) is 15.8 Å². The molecular formula is C24H22Br2N4O2. The Balaban J connectivity index is 1.53. The SMILES string of the molecule is Nc1c(Br)c(C2CCC(CC(=O)O)CC2)nc2c(-c3ccc4cc(Br)ccc4c3)cnn12. The Bertz CT molecular complexity index is 1340. The Kier molecular flexibility index (Phi) is 5.67. The highest BCUT2D eigenvalue weighted by atomic mass is 79.9. The highest BCUT2D eigenvalue weighted by Crippen LogP contribution is 2.41. The van der Waals surface area contributed by atoms with E-state index in [-0.39, 0.29) is 18.3 Å². The van der Waals surface area contributed by atoms with Gasteiger partial charge in [0.25, 0.3) is 0 Å². The number of hydrogen-bond acceptors (Lipinski definition) is 4. The summed E-state index contributed by atoms with van der Waals surface area (Å²) < 4.78 is 3.52.